The van der Waals surface area contributed by atoms with E-state index in [0.717, 1.165) is 23.8 Å². The second kappa shape index (κ2) is 8.57. The Bertz CT molecular complexity index is 884. The van der Waals surface area contributed by atoms with Crippen LogP contribution in [0.3, 0.4) is 0 Å². The molecule has 0 saturated heterocycles. The van der Waals surface area contributed by atoms with E-state index in [9.17, 15) is 18.3 Å². The summed E-state index contributed by atoms with van der Waals surface area (Å²) in [7, 11) is -2.28. The SMILES string of the molecule is CCCCN(C)c1cc(C(=O)O)cc(S(N)(=O)=O)c1Sc1ccccc1. The lowest BCUT2D eigenvalue weighted by molar-refractivity contribution is 0.0696. The Morgan fingerprint density at radius 2 is 1.88 bits per heavy atom. The first-order valence-electron chi connectivity index (χ1n) is 8.12. The Morgan fingerprint density at radius 3 is 2.42 bits per heavy atom. The van der Waals surface area contributed by atoms with Gasteiger partial charge in [-0.3, -0.25) is 0 Å². The lowest BCUT2D eigenvalue weighted by Gasteiger charge is -2.24. The normalized spacial score (nSPS) is 11.3. The summed E-state index contributed by atoms with van der Waals surface area (Å²) in [6, 6.07) is 11.9. The molecule has 0 fully saturated rings. The van der Waals surface area contributed by atoms with Gasteiger partial charge in [0.25, 0.3) is 0 Å². The van der Waals surface area contributed by atoms with Crippen molar-refractivity contribution in [1.29, 1.82) is 0 Å². The molecule has 0 aliphatic heterocycles. The number of benzene rings is 2. The van der Waals surface area contributed by atoms with Gasteiger partial charge in [0.05, 0.1) is 21.0 Å². The van der Waals surface area contributed by atoms with E-state index in [-0.39, 0.29) is 10.5 Å². The third-order valence-corrected chi connectivity index (χ3v) is 6.02. The van der Waals surface area contributed by atoms with Gasteiger partial charge in [0.1, 0.15) is 0 Å². The molecular weight excluding hydrogens is 372 g/mol. The Morgan fingerprint density at radius 1 is 1.23 bits per heavy atom. The second-order valence-electron chi connectivity index (χ2n) is 5.86. The summed E-state index contributed by atoms with van der Waals surface area (Å²) in [6.07, 6.45) is 1.86. The molecule has 0 aliphatic rings. The van der Waals surface area contributed by atoms with Crippen LogP contribution in [0.15, 0.2) is 57.2 Å². The molecule has 0 amide bonds. The molecule has 0 atom stereocenters. The van der Waals surface area contributed by atoms with Gasteiger partial charge in [-0.05, 0) is 30.7 Å². The lowest BCUT2D eigenvalue weighted by Crippen LogP contribution is -2.22. The van der Waals surface area contributed by atoms with E-state index in [4.69, 9.17) is 5.14 Å². The molecule has 0 spiro atoms. The monoisotopic (exact) mass is 394 g/mol. The number of nitrogens with zero attached hydrogens (tertiary/aromatic N) is 1. The van der Waals surface area contributed by atoms with Crippen molar-refractivity contribution in [2.24, 2.45) is 5.14 Å². The zero-order valence-electron chi connectivity index (χ0n) is 14.7. The molecule has 2 rings (SSSR count). The highest BCUT2D eigenvalue weighted by Crippen LogP contribution is 2.40. The summed E-state index contributed by atoms with van der Waals surface area (Å²) in [5.41, 5.74) is 0.431. The second-order valence-corrected chi connectivity index (χ2v) is 8.48. The van der Waals surface area contributed by atoms with Crippen LogP contribution >= 0.6 is 11.8 Å². The summed E-state index contributed by atoms with van der Waals surface area (Å²) >= 11 is 1.26. The van der Waals surface area contributed by atoms with E-state index >= 15 is 0 Å². The van der Waals surface area contributed by atoms with Gasteiger partial charge in [-0.15, -0.1) is 0 Å². The largest absolute Gasteiger partial charge is 0.478 e. The average molecular weight is 395 g/mol. The lowest BCUT2D eigenvalue weighted by atomic mass is 10.2. The predicted molar refractivity (Wildman–Crippen MR) is 104 cm³/mol. The highest BCUT2D eigenvalue weighted by atomic mass is 32.2. The van der Waals surface area contributed by atoms with Crippen molar-refractivity contribution in [3.63, 3.8) is 0 Å². The van der Waals surface area contributed by atoms with Crippen molar-refractivity contribution < 1.29 is 18.3 Å². The van der Waals surface area contributed by atoms with Crippen molar-refractivity contribution in [3.05, 3.63) is 48.0 Å². The minimum Gasteiger partial charge on any atom is -0.478 e. The first-order valence-corrected chi connectivity index (χ1v) is 10.5. The highest BCUT2D eigenvalue weighted by molar-refractivity contribution is 8.00. The number of carboxylic acids is 1. The predicted octanol–water partition coefficient (Wildman–Crippen LogP) is 3.42. The summed E-state index contributed by atoms with van der Waals surface area (Å²) in [5, 5.41) is 14.8. The van der Waals surface area contributed by atoms with Gasteiger partial charge in [-0.2, -0.15) is 0 Å². The molecule has 0 unspecified atom stereocenters. The standard InChI is InChI=1S/C18H22N2O4S2/c1-3-4-10-20(2)15-11-13(18(21)22)12-16(26(19,23)24)17(15)25-14-8-6-5-7-9-14/h5-9,11-12H,3-4,10H2,1-2H3,(H,21,22)(H2,19,23,24). The van der Waals surface area contributed by atoms with Crippen LogP contribution in [-0.4, -0.2) is 33.1 Å². The first-order chi connectivity index (χ1) is 12.2. The van der Waals surface area contributed by atoms with E-state index in [1.807, 2.05) is 42.3 Å². The molecule has 8 heteroatoms. The van der Waals surface area contributed by atoms with Crippen LogP contribution in [0.5, 0.6) is 0 Å². The molecule has 0 saturated carbocycles. The third-order valence-electron chi connectivity index (χ3n) is 3.81. The van der Waals surface area contributed by atoms with E-state index in [2.05, 4.69) is 6.92 Å². The Balaban J connectivity index is 2.68. The summed E-state index contributed by atoms with van der Waals surface area (Å²) in [4.78, 5) is 14.4. The van der Waals surface area contributed by atoms with Crippen LogP contribution in [0.4, 0.5) is 5.69 Å². The van der Waals surface area contributed by atoms with E-state index < -0.39 is 16.0 Å². The molecule has 0 bridgehead atoms. The Hall–Kier alpha value is -2.03. The number of carboxylic acid groups (broad SMARTS) is 1. The van der Waals surface area contributed by atoms with E-state index in [1.54, 1.807) is 0 Å². The van der Waals surface area contributed by atoms with Crippen molar-refractivity contribution in [2.75, 3.05) is 18.5 Å². The number of hydrogen-bond acceptors (Lipinski definition) is 5. The molecule has 0 aromatic heterocycles. The number of anilines is 1. The minimum atomic E-state index is -4.10. The summed E-state index contributed by atoms with van der Waals surface area (Å²) < 4.78 is 24.3. The minimum absolute atomic E-state index is 0.107. The van der Waals surface area contributed by atoms with Crippen LogP contribution in [0, 0.1) is 0 Å². The Kier molecular flexibility index (Phi) is 6.69. The number of unbranched alkanes of at least 4 members (excludes halogenated alkanes) is 1. The first kappa shape index (κ1) is 20.3. The number of hydrogen-bond donors (Lipinski definition) is 2. The molecule has 6 nitrogen and oxygen atoms in total. The fraction of sp³-hybridized carbons (Fsp3) is 0.278. The smallest absolute Gasteiger partial charge is 0.335 e. The van der Waals surface area contributed by atoms with Crippen LogP contribution in [0.2, 0.25) is 0 Å². The zero-order chi connectivity index (χ0) is 19.3. The van der Waals surface area contributed by atoms with Crippen molar-refractivity contribution in [1.82, 2.24) is 0 Å². The maximum absolute atomic E-state index is 12.2. The maximum atomic E-state index is 12.2. The fourth-order valence-electron chi connectivity index (χ4n) is 2.43. The number of primary sulfonamides is 1. The van der Waals surface area contributed by atoms with E-state index in [1.165, 1.54) is 17.8 Å². The molecule has 3 N–H and O–H groups in total. The number of nitrogens with two attached hydrogens (primary N) is 1. The molecular formula is C18H22N2O4S2. The quantitative estimate of drug-likeness (QED) is 0.711. The van der Waals surface area contributed by atoms with Gasteiger partial charge in [0, 0.05) is 18.5 Å². The van der Waals surface area contributed by atoms with Crippen molar-refractivity contribution in [2.45, 2.75) is 34.5 Å². The van der Waals surface area contributed by atoms with Gasteiger partial charge < -0.3 is 10.0 Å². The number of sulfonamides is 1. The van der Waals surface area contributed by atoms with Crippen LogP contribution < -0.4 is 10.0 Å². The Labute approximate surface area is 158 Å². The van der Waals surface area contributed by atoms with E-state index in [0.29, 0.717) is 17.1 Å². The summed E-state index contributed by atoms with van der Waals surface area (Å²) in [5.74, 6) is -1.20. The molecule has 2 aromatic carbocycles. The van der Waals surface area contributed by atoms with Crippen molar-refractivity contribution >= 4 is 33.4 Å². The van der Waals surface area contributed by atoms with Gasteiger partial charge in [-0.1, -0.05) is 43.3 Å². The van der Waals surface area contributed by atoms with Gasteiger partial charge in [0.15, 0.2) is 0 Å². The number of carbonyl (C=O) groups is 1. The number of aromatic carboxylic acids is 1. The zero-order valence-corrected chi connectivity index (χ0v) is 16.3. The fourth-order valence-corrected chi connectivity index (χ4v) is 4.57. The number of rotatable bonds is 8. The molecule has 0 heterocycles. The van der Waals surface area contributed by atoms with Gasteiger partial charge in [0.2, 0.25) is 10.0 Å². The summed E-state index contributed by atoms with van der Waals surface area (Å²) in [6.45, 7) is 2.73. The topological polar surface area (TPSA) is 101 Å². The van der Waals surface area contributed by atoms with Gasteiger partial charge in [-0.25, -0.2) is 18.4 Å². The van der Waals surface area contributed by atoms with Crippen LogP contribution in [0.25, 0.3) is 0 Å². The highest BCUT2D eigenvalue weighted by Gasteiger charge is 2.23. The molecule has 0 aliphatic carbocycles. The molecule has 140 valence electrons. The van der Waals surface area contributed by atoms with Gasteiger partial charge >= 0.3 is 5.97 Å². The molecule has 26 heavy (non-hydrogen) atoms. The maximum Gasteiger partial charge on any atom is 0.335 e. The molecule has 2 aromatic rings. The van der Waals surface area contributed by atoms with Crippen LogP contribution in [0.1, 0.15) is 30.1 Å². The molecule has 0 radical (unpaired) electrons. The van der Waals surface area contributed by atoms with Crippen LogP contribution in [-0.2, 0) is 10.0 Å². The third kappa shape index (κ3) is 5.00. The van der Waals surface area contributed by atoms with Crippen molar-refractivity contribution in [3.8, 4) is 0 Å². The average Bonchev–Trinajstić information content (AvgIpc) is 2.59.